The van der Waals surface area contributed by atoms with Crippen molar-refractivity contribution in [3.63, 3.8) is 0 Å². The lowest BCUT2D eigenvalue weighted by atomic mass is 9.58. The number of carbonyl (C=O) groups excluding carboxylic acids is 2. The molecular weight excluding hydrogens is 529 g/mol. The summed E-state index contributed by atoms with van der Waals surface area (Å²) >= 11 is 0. The minimum atomic E-state index is -1.01. The highest BCUT2D eigenvalue weighted by molar-refractivity contribution is 6.43. The predicted octanol–water partition coefficient (Wildman–Crippen LogP) is 5.62. The standard InChI is InChI=1S/C34H36BNO6/c1-3-21(17-22-14-15-29(37)26-12-8-7-11-25(22)26)13-16-30-31-23(20-41-24-9-5-4-6-10-24)18-27-32(28(31)19-35(40)42-30)34(39)36(2)33(27)38/h4-12,14-15,17,27-28,30,32,37,40H,3,13,16,18-20H2,1-2H3/b21-17+/t27-,28+,30-,32-/m1/s1. The zero-order valence-electron chi connectivity index (χ0n) is 24.0. The molecule has 0 unspecified atom stereocenters. The van der Waals surface area contributed by atoms with Crippen molar-refractivity contribution in [1.29, 1.82) is 0 Å². The van der Waals surface area contributed by atoms with Crippen molar-refractivity contribution in [1.82, 2.24) is 4.90 Å². The predicted molar refractivity (Wildman–Crippen MR) is 163 cm³/mol. The first-order chi connectivity index (χ1) is 20.4. The van der Waals surface area contributed by atoms with Gasteiger partial charge < -0.3 is 19.5 Å². The van der Waals surface area contributed by atoms with Crippen LogP contribution in [-0.2, 0) is 14.2 Å². The fourth-order valence-corrected chi connectivity index (χ4v) is 7.06. The molecule has 8 heteroatoms. The average molecular weight is 565 g/mol. The van der Waals surface area contributed by atoms with Crippen molar-refractivity contribution in [2.45, 2.75) is 45.0 Å². The fraction of sp³-hybridized carbons (Fsp3) is 0.353. The molecule has 3 aliphatic rings. The molecule has 216 valence electrons. The van der Waals surface area contributed by atoms with Crippen LogP contribution >= 0.6 is 0 Å². The molecule has 2 heterocycles. The first-order valence-corrected chi connectivity index (χ1v) is 14.8. The van der Waals surface area contributed by atoms with Crippen LogP contribution in [0, 0.1) is 17.8 Å². The summed E-state index contributed by atoms with van der Waals surface area (Å²) in [6.45, 7) is 2.42. The Morgan fingerprint density at radius 3 is 2.52 bits per heavy atom. The number of imide groups is 1. The van der Waals surface area contributed by atoms with Gasteiger partial charge in [0.15, 0.2) is 0 Å². The summed E-state index contributed by atoms with van der Waals surface area (Å²) in [5, 5.41) is 23.0. The summed E-state index contributed by atoms with van der Waals surface area (Å²) in [5.41, 5.74) is 4.26. The Kier molecular flexibility index (Phi) is 7.93. The van der Waals surface area contributed by atoms with Gasteiger partial charge in [-0.15, -0.1) is 0 Å². The van der Waals surface area contributed by atoms with Crippen LogP contribution in [0.25, 0.3) is 16.8 Å². The largest absolute Gasteiger partial charge is 0.507 e. The summed E-state index contributed by atoms with van der Waals surface area (Å²) in [5.74, 6) is -0.527. The summed E-state index contributed by atoms with van der Waals surface area (Å²) in [4.78, 5) is 27.6. The second kappa shape index (κ2) is 11.8. The van der Waals surface area contributed by atoms with Crippen LogP contribution in [0.15, 0.2) is 83.4 Å². The number of phenolic OH excluding ortho intramolecular Hbond substituents is 1. The van der Waals surface area contributed by atoms with E-state index < -0.39 is 25.1 Å². The quantitative estimate of drug-likeness (QED) is 0.209. The van der Waals surface area contributed by atoms with Crippen LogP contribution in [-0.4, -0.2) is 53.7 Å². The first kappa shape index (κ1) is 28.3. The Labute approximate surface area is 246 Å². The Balaban J connectivity index is 1.31. The lowest BCUT2D eigenvalue weighted by molar-refractivity contribution is -0.138. The van der Waals surface area contributed by atoms with E-state index in [1.54, 1.807) is 13.1 Å². The van der Waals surface area contributed by atoms with Crippen molar-refractivity contribution in [3.05, 3.63) is 89.0 Å². The average Bonchev–Trinajstić information content (AvgIpc) is 3.23. The number of phenols is 1. The topological polar surface area (TPSA) is 96.3 Å². The molecule has 0 aromatic heterocycles. The molecule has 4 atom stereocenters. The molecule has 3 aromatic carbocycles. The van der Waals surface area contributed by atoms with Crippen LogP contribution < -0.4 is 4.74 Å². The molecule has 3 aromatic rings. The van der Waals surface area contributed by atoms with Gasteiger partial charge >= 0.3 is 7.12 Å². The molecule has 2 amide bonds. The molecule has 0 bridgehead atoms. The Bertz CT molecular complexity index is 1570. The van der Waals surface area contributed by atoms with E-state index in [0.29, 0.717) is 19.4 Å². The summed E-state index contributed by atoms with van der Waals surface area (Å²) < 4.78 is 12.3. The molecule has 7 nitrogen and oxygen atoms in total. The van der Waals surface area contributed by atoms with E-state index in [4.69, 9.17) is 9.39 Å². The van der Waals surface area contributed by atoms with E-state index in [9.17, 15) is 19.7 Å². The maximum atomic E-state index is 13.3. The van der Waals surface area contributed by atoms with Gasteiger partial charge in [0.05, 0.1) is 17.9 Å². The van der Waals surface area contributed by atoms with Crippen molar-refractivity contribution in [2.24, 2.45) is 17.8 Å². The monoisotopic (exact) mass is 565 g/mol. The van der Waals surface area contributed by atoms with Gasteiger partial charge in [0.25, 0.3) is 0 Å². The molecular formula is C34H36BNO6. The maximum Gasteiger partial charge on any atom is 0.455 e. The van der Waals surface area contributed by atoms with Gasteiger partial charge in [0.1, 0.15) is 18.1 Å². The summed E-state index contributed by atoms with van der Waals surface area (Å²) in [7, 11) is 0.546. The smallest absolute Gasteiger partial charge is 0.455 e. The molecule has 0 radical (unpaired) electrons. The van der Waals surface area contributed by atoms with E-state index in [0.717, 1.165) is 46.1 Å². The number of hydrogen-bond donors (Lipinski definition) is 2. The SMILES string of the molecule is CC/C(=C\c1ccc(O)c2ccccc12)CC[C@H]1OB(O)C[C@H]2C1=C(COc1ccccc1)C[C@H]1C(=O)N(C)C(=O)[C@H]12. The Morgan fingerprint density at radius 2 is 1.76 bits per heavy atom. The number of likely N-dealkylation sites (tertiary alicyclic amines) is 1. The minimum Gasteiger partial charge on any atom is -0.507 e. The first-order valence-electron chi connectivity index (χ1n) is 14.8. The van der Waals surface area contributed by atoms with Gasteiger partial charge in [0, 0.05) is 12.4 Å². The number of fused-ring (bicyclic) bond motifs is 4. The lowest BCUT2D eigenvalue weighted by Crippen LogP contribution is -2.46. The van der Waals surface area contributed by atoms with Crippen molar-refractivity contribution >= 4 is 35.8 Å². The van der Waals surface area contributed by atoms with Gasteiger partial charge in [-0.05, 0) is 78.2 Å². The highest BCUT2D eigenvalue weighted by Gasteiger charge is 2.56. The number of rotatable bonds is 8. The number of carbonyl (C=O) groups is 2. The number of allylic oxidation sites excluding steroid dienone is 1. The van der Waals surface area contributed by atoms with E-state index in [2.05, 4.69) is 13.0 Å². The molecule has 2 N–H and O–H groups in total. The number of benzene rings is 3. The van der Waals surface area contributed by atoms with Crippen molar-refractivity contribution in [2.75, 3.05) is 13.7 Å². The highest BCUT2D eigenvalue weighted by Crippen LogP contribution is 2.50. The number of ether oxygens (including phenoxy) is 1. The molecule has 2 saturated heterocycles. The van der Waals surface area contributed by atoms with E-state index in [1.807, 2.05) is 60.7 Å². The van der Waals surface area contributed by atoms with Crippen molar-refractivity contribution in [3.8, 4) is 11.5 Å². The molecule has 0 spiro atoms. The second-order valence-electron chi connectivity index (χ2n) is 11.6. The molecule has 0 saturated carbocycles. The number of para-hydroxylation sites is 1. The minimum absolute atomic E-state index is 0.156. The molecule has 1 aliphatic carbocycles. The van der Waals surface area contributed by atoms with E-state index in [-0.39, 0.29) is 29.8 Å². The van der Waals surface area contributed by atoms with Crippen molar-refractivity contribution < 1.29 is 29.1 Å². The van der Waals surface area contributed by atoms with Crippen LogP contribution in [0.2, 0.25) is 6.32 Å². The Hall–Kier alpha value is -3.88. The van der Waals surface area contributed by atoms with Crippen LogP contribution in [0.5, 0.6) is 11.5 Å². The zero-order valence-corrected chi connectivity index (χ0v) is 24.0. The third kappa shape index (κ3) is 5.25. The summed E-state index contributed by atoms with van der Waals surface area (Å²) in [6, 6.07) is 21.0. The van der Waals surface area contributed by atoms with Crippen LogP contribution in [0.4, 0.5) is 0 Å². The van der Waals surface area contributed by atoms with Gasteiger partial charge in [-0.1, -0.05) is 67.1 Å². The number of aromatic hydroxyl groups is 1. The second-order valence-corrected chi connectivity index (χ2v) is 11.6. The number of amides is 2. The Morgan fingerprint density at radius 1 is 1.02 bits per heavy atom. The van der Waals surface area contributed by atoms with E-state index in [1.165, 1.54) is 10.5 Å². The number of nitrogens with zero attached hydrogens (tertiary/aromatic N) is 1. The van der Waals surface area contributed by atoms with Gasteiger partial charge in [-0.25, -0.2) is 0 Å². The molecule has 42 heavy (non-hydrogen) atoms. The third-order valence-corrected chi connectivity index (χ3v) is 9.16. The lowest BCUT2D eigenvalue weighted by Gasteiger charge is -2.43. The van der Waals surface area contributed by atoms with Gasteiger partial charge in [-0.2, -0.15) is 0 Å². The fourth-order valence-electron chi connectivity index (χ4n) is 7.06. The van der Waals surface area contributed by atoms with Crippen LogP contribution in [0.1, 0.15) is 38.2 Å². The maximum absolute atomic E-state index is 13.3. The normalized spacial score (nSPS) is 24.3. The van der Waals surface area contributed by atoms with Crippen LogP contribution in [0.3, 0.4) is 0 Å². The third-order valence-electron chi connectivity index (χ3n) is 9.16. The van der Waals surface area contributed by atoms with E-state index >= 15 is 0 Å². The molecule has 2 aliphatic heterocycles. The van der Waals surface area contributed by atoms with Gasteiger partial charge in [-0.3, -0.25) is 14.5 Å². The zero-order chi connectivity index (χ0) is 29.4. The van der Waals surface area contributed by atoms with Gasteiger partial charge in [0.2, 0.25) is 11.8 Å². The summed E-state index contributed by atoms with van der Waals surface area (Å²) in [6.07, 6.45) is 4.70. The molecule has 2 fully saturated rings. The highest BCUT2D eigenvalue weighted by atomic mass is 16.5. The molecule has 6 rings (SSSR count). The number of hydrogen-bond acceptors (Lipinski definition) is 6.